The molecular formula is C32H30O6. The van der Waals surface area contributed by atoms with Gasteiger partial charge >= 0.3 is 0 Å². The van der Waals surface area contributed by atoms with Crippen LogP contribution in [0, 0.1) is 0 Å². The van der Waals surface area contributed by atoms with Gasteiger partial charge in [0.05, 0.1) is 37.6 Å². The Balaban J connectivity index is 1.29. The summed E-state index contributed by atoms with van der Waals surface area (Å²) >= 11 is 0. The summed E-state index contributed by atoms with van der Waals surface area (Å²) in [6.45, 7) is 3.16. The summed E-state index contributed by atoms with van der Waals surface area (Å²) in [5, 5.41) is 0. The van der Waals surface area contributed by atoms with Gasteiger partial charge in [0.15, 0.2) is 12.6 Å². The van der Waals surface area contributed by atoms with Crippen LogP contribution in [0.2, 0.25) is 0 Å². The number of benzene rings is 4. The Kier molecular flexibility index (Phi) is 7.65. The summed E-state index contributed by atoms with van der Waals surface area (Å²) in [4.78, 5) is 0. The number of rotatable bonds is 9. The Bertz CT molecular complexity index is 1220. The fourth-order valence-electron chi connectivity index (χ4n) is 4.63. The second-order valence-electron chi connectivity index (χ2n) is 9.20. The van der Waals surface area contributed by atoms with E-state index in [0.717, 1.165) is 44.9 Å². The molecule has 0 bridgehead atoms. The van der Waals surface area contributed by atoms with Crippen LogP contribution in [-0.4, -0.2) is 26.4 Å². The summed E-state index contributed by atoms with van der Waals surface area (Å²) in [6, 6.07) is 32.5. The SMILES string of the molecule is c1ccc(COc2ccc(-c3ccc(OCc4ccccc4)c(C4OCCO4)c3)cc2C2OCCO2)cc1. The van der Waals surface area contributed by atoms with Gasteiger partial charge in [0.1, 0.15) is 24.7 Å². The molecule has 194 valence electrons. The van der Waals surface area contributed by atoms with Gasteiger partial charge in [0, 0.05) is 0 Å². The topological polar surface area (TPSA) is 55.4 Å². The Morgan fingerprint density at radius 2 is 0.895 bits per heavy atom. The average Bonchev–Trinajstić information content (AvgIpc) is 3.71. The minimum absolute atomic E-state index is 0.463. The zero-order valence-electron chi connectivity index (χ0n) is 21.1. The molecule has 2 saturated heterocycles. The van der Waals surface area contributed by atoms with E-state index in [-0.39, 0.29) is 0 Å². The highest BCUT2D eigenvalue weighted by molar-refractivity contribution is 5.68. The van der Waals surface area contributed by atoms with Gasteiger partial charge in [-0.3, -0.25) is 0 Å². The predicted octanol–water partition coefficient (Wildman–Crippen LogP) is 6.60. The molecular weight excluding hydrogens is 480 g/mol. The quantitative estimate of drug-likeness (QED) is 0.253. The third-order valence-corrected chi connectivity index (χ3v) is 6.58. The van der Waals surface area contributed by atoms with Crippen LogP contribution in [0.5, 0.6) is 11.5 Å². The van der Waals surface area contributed by atoms with Gasteiger partial charge < -0.3 is 28.4 Å². The van der Waals surface area contributed by atoms with Crippen molar-refractivity contribution >= 4 is 0 Å². The molecule has 38 heavy (non-hydrogen) atoms. The molecule has 2 heterocycles. The van der Waals surface area contributed by atoms with E-state index in [0.29, 0.717) is 39.6 Å². The molecule has 6 heteroatoms. The van der Waals surface area contributed by atoms with Crippen LogP contribution >= 0.6 is 0 Å². The summed E-state index contributed by atoms with van der Waals surface area (Å²) in [5.41, 5.74) is 5.97. The van der Waals surface area contributed by atoms with Gasteiger partial charge in [-0.05, 0) is 46.5 Å². The normalized spacial score (nSPS) is 16.1. The van der Waals surface area contributed by atoms with Crippen LogP contribution in [0.4, 0.5) is 0 Å². The molecule has 0 radical (unpaired) electrons. The van der Waals surface area contributed by atoms with Crippen LogP contribution in [0.25, 0.3) is 11.1 Å². The Morgan fingerprint density at radius 3 is 1.29 bits per heavy atom. The second kappa shape index (κ2) is 11.8. The number of hydrogen-bond donors (Lipinski definition) is 0. The van der Waals surface area contributed by atoms with E-state index in [2.05, 4.69) is 24.3 Å². The van der Waals surface area contributed by atoms with Crippen molar-refractivity contribution in [1.82, 2.24) is 0 Å². The van der Waals surface area contributed by atoms with Crippen LogP contribution < -0.4 is 9.47 Å². The number of ether oxygens (including phenoxy) is 6. The van der Waals surface area contributed by atoms with Crippen molar-refractivity contribution in [3.63, 3.8) is 0 Å². The van der Waals surface area contributed by atoms with Gasteiger partial charge in [0.25, 0.3) is 0 Å². The van der Waals surface area contributed by atoms with Crippen LogP contribution in [0.1, 0.15) is 34.8 Å². The van der Waals surface area contributed by atoms with E-state index in [1.165, 1.54) is 0 Å². The monoisotopic (exact) mass is 510 g/mol. The largest absolute Gasteiger partial charge is 0.488 e. The van der Waals surface area contributed by atoms with Crippen molar-refractivity contribution in [3.8, 4) is 22.6 Å². The highest BCUT2D eigenvalue weighted by atomic mass is 16.7. The Labute approximate surface area is 222 Å². The van der Waals surface area contributed by atoms with Crippen molar-refractivity contribution in [2.45, 2.75) is 25.8 Å². The maximum absolute atomic E-state index is 6.20. The molecule has 6 nitrogen and oxygen atoms in total. The van der Waals surface area contributed by atoms with Gasteiger partial charge in [-0.15, -0.1) is 0 Å². The van der Waals surface area contributed by atoms with Gasteiger partial charge in [-0.25, -0.2) is 0 Å². The van der Waals surface area contributed by atoms with E-state index >= 15 is 0 Å². The lowest BCUT2D eigenvalue weighted by atomic mass is 9.99. The molecule has 4 aromatic carbocycles. The van der Waals surface area contributed by atoms with Gasteiger partial charge in [0.2, 0.25) is 0 Å². The zero-order chi connectivity index (χ0) is 25.6. The minimum Gasteiger partial charge on any atom is -0.488 e. The van der Waals surface area contributed by atoms with Crippen LogP contribution in [0.3, 0.4) is 0 Å². The molecule has 6 rings (SSSR count). The van der Waals surface area contributed by atoms with Crippen molar-refractivity contribution < 1.29 is 28.4 Å². The zero-order valence-corrected chi connectivity index (χ0v) is 21.1. The summed E-state index contributed by atoms with van der Waals surface area (Å²) in [6.07, 6.45) is -0.926. The highest BCUT2D eigenvalue weighted by Gasteiger charge is 2.25. The van der Waals surface area contributed by atoms with Crippen molar-refractivity contribution in [2.24, 2.45) is 0 Å². The third-order valence-electron chi connectivity index (χ3n) is 6.58. The van der Waals surface area contributed by atoms with E-state index in [1.54, 1.807) is 0 Å². The first-order valence-corrected chi connectivity index (χ1v) is 12.9. The smallest absolute Gasteiger partial charge is 0.187 e. The standard InChI is InChI=1S/C32H30O6/c1-3-7-23(8-4-1)21-37-29-13-11-25(19-27(29)31-33-15-16-34-31)26-12-14-30(28(20-26)32-35-17-18-36-32)38-22-24-9-5-2-6-10-24/h1-14,19-20,31-32H,15-18,21-22H2. The van der Waals surface area contributed by atoms with Gasteiger partial charge in [-0.2, -0.15) is 0 Å². The first-order valence-electron chi connectivity index (χ1n) is 12.9. The number of hydrogen-bond acceptors (Lipinski definition) is 6. The van der Waals surface area contributed by atoms with Crippen molar-refractivity contribution in [2.75, 3.05) is 26.4 Å². The lowest BCUT2D eigenvalue weighted by Crippen LogP contribution is -2.05. The van der Waals surface area contributed by atoms with Crippen LogP contribution in [0.15, 0.2) is 97.1 Å². The minimum atomic E-state index is -0.463. The molecule has 0 saturated carbocycles. The first-order chi connectivity index (χ1) is 18.8. The molecule has 0 N–H and O–H groups in total. The molecule has 0 amide bonds. The van der Waals surface area contributed by atoms with Crippen LogP contribution in [-0.2, 0) is 32.2 Å². The fourth-order valence-corrected chi connectivity index (χ4v) is 4.63. The molecule has 2 fully saturated rings. The molecule has 2 aliphatic heterocycles. The Hall–Kier alpha value is -3.68. The lowest BCUT2D eigenvalue weighted by molar-refractivity contribution is -0.0461. The maximum atomic E-state index is 6.20. The lowest BCUT2D eigenvalue weighted by Gasteiger charge is -2.19. The molecule has 0 spiro atoms. The molecule has 0 atom stereocenters. The van der Waals surface area contributed by atoms with E-state index in [4.69, 9.17) is 28.4 Å². The molecule has 0 aliphatic carbocycles. The van der Waals surface area contributed by atoms with Crippen molar-refractivity contribution in [1.29, 1.82) is 0 Å². The molecule has 4 aromatic rings. The molecule has 0 unspecified atom stereocenters. The third kappa shape index (κ3) is 5.74. The summed E-state index contributed by atoms with van der Waals surface area (Å²) in [5.74, 6) is 1.49. The highest BCUT2D eigenvalue weighted by Crippen LogP contribution is 2.39. The predicted molar refractivity (Wildman–Crippen MR) is 143 cm³/mol. The van der Waals surface area contributed by atoms with Gasteiger partial charge in [-0.1, -0.05) is 72.8 Å². The average molecular weight is 511 g/mol. The van der Waals surface area contributed by atoms with E-state index in [9.17, 15) is 0 Å². The fraction of sp³-hybridized carbons (Fsp3) is 0.250. The maximum Gasteiger partial charge on any atom is 0.187 e. The van der Waals surface area contributed by atoms with Crippen molar-refractivity contribution in [3.05, 3.63) is 119 Å². The first kappa shape index (κ1) is 24.6. The second-order valence-corrected chi connectivity index (χ2v) is 9.20. The van der Waals surface area contributed by atoms with E-state index < -0.39 is 12.6 Å². The Morgan fingerprint density at radius 1 is 0.500 bits per heavy atom. The molecule has 0 aromatic heterocycles. The summed E-state index contributed by atoms with van der Waals surface area (Å²) in [7, 11) is 0. The molecule has 2 aliphatic rings. The van der Waals surface area contributed by atoms with E-state index in [1.807, 2.05) is 72.8 Å². The summed E-state index contributed by atoms with van der Waals surface area (Å²) < 4.78 is 35.8.